The van der Waals surface area contributed by atoms with Gasteiger partial charge >= 0.3 is 0 Å². The quantitative estimate of drug-likeness (QED) is 0.843. The Bertz CT molecular complexity index is 696. The van der Waals surface area contributed by atoms with Crippen LogP contribution >= 0.6 is 0 Å². The molecule has 6 nitrogen and oxygen atoms in total. The number of likely N-dealkylation sites (tertiary alicyclic amines) is 1. The van der Waals surface area contributed by atoms with Gasteiger partial charge in [-0.25, -0.2) is 0 Å². The monoisotopic (exact) mass is 329 g/mol. The van der Waals surface area contributed by atoms with E-state index in [4.69, 9.17) is 9.26 Å². The van der Waals surface area contributed by atoms with Crippen LogP contribution in [0, 0.1) is 12.8 Å². The first kappa shape index (κ1) is 16.6. The molecule has 24 heavy (non-hydrogen) atoms. The highest BCUT2D eigenvalue weighted by atomic mass is 16.5. The second kappa shape index (κ2) is 7.13. The third-order valence-corrected chi connectivity index (χ3v) is 4.58. The van der Waals surface area contributed by atoms with Gasteiger partial charge in [0, 0.05) is 31.7 Å². The Morgan fingerprint density at radius 3 is 2.67 bits per heavy atom. The van der Waals surface area contributed by atoms with Gasteiger partial charge in [0.25, 0.3) is 5.91 Å². The molecule has 2 atom stereocenters. The summed E-state index contributed by atoms with van der Waals surface area (Å²) in [6.45, 7) is 5.66. The fourth-order valence-corrected chi connectivity index (χ4v) is 3.23. The molecule has 1 aliphatic rings. The number of carbonyl (C=O) groups is 1. The van der Waals surface area contributed by atoms with Gasteiger partial charge in [0.15, 0.2) is 5.82 Å². The van der Waals surface area contributed by atoms with Crippen molar-refractivity contribution in [3.63, 3.8) is 0 Å². The molecule has 0 radical (unpaired) electrons. The van der Waals surface area contributed by atoms with E-state index in [1.54, 1.807) is 14.0 Å². The summed E-state index contributed by atoms with van der Waals surface area (Å²) in [5.74, 6) is 1.42. The van der Waals surface area contributed by atoms with Gasteiger partial charge in [0.2, 0.25) is 5.89 Å². The third kappa shape index (κ3) is 3.33. The predicted octanol–water partition coefficient (Wildman–Crippen LogP) is 2.44. The number of hydrogen-bond acceptors (Lipinski definition) is 5. The topological polar surface area (TPSA) is 68.5 Å². The van der Waals surface area contributed by atoms with Crippen LogP contribution in [0.25, 0.3) is 0 Å². The van der Waals surface area contributed by atoms with Crippen molar-refractivity contribution in [2.45, 2.75) is 26.2 Å². The van der Waals surface area contributed by atoms with Crippen LogP contribution in [0.4, 0.5) is 0 Å². The largest absolute Gasteiger partial charge is 0.384 e. The van der Waals surface area contributed by atoms with Crippen LogP contribution in [-0.2, 0) is 11.2 Å². The second-order valence-corrected chi connectivity index (χ2v) is 6.26. The number of nitrogens with zero attached hydrogens (tertiary/aromatic N) is 3. The maximum Gasteiger partial charge on any atom is 0.253 e. The summed E-state index contributed by atoms with van der Waals surface area (Å²) in [5.41, 5.74) is 1.94. The van der Waals surface area contributed by atoms with Crippen LogP contribution in [0.5, 0.6) is 0 Å². The number of rotatable bonds is 5. The average Bonchev–Trinajstić information content (AvgIpc) is 3.21. The lowest BCUT2D eigenvalue weighted by Crippen LogP contribution is -2.29. The van der Waals surface area contributed by atoms with Crippen molar-refractivity contribution in [3.05, 3.63) is 47.1 Å². The zero-order chi connectivity index (χ0) is 17.1. The number of benzene rings is 1. The average molecular weight is 329 g/mol. The molecule has 0 spiro atoms. The van der Waals surface area contributed by atoms with Crippen molar-refractivity contribution in [1.29, 1.82) is 0 Å². The first-order valence-corrected chi connectivity index (χ1v) is 8.29. The minimum Gasteiger partial charge on any atom is -0.384 e. The van der Waals surface area contributed by atoms with Gasteiger partial charge in [0.1, 0.15) is 0 Å². The molecule has 1 aromatic carbocycles. The third-order valence-electron chi connectivity index (χ3n) is 4.58. The fourth-order valence-electron chi connectivity index (χ4n) is 3.23. The molecule has 0 unspecified atom stereocenters. The lowest BCUT2D eigenvalue weighted by atomic mass is 9.97. The van der Waals surface area contributed by atoms with E-state index in [1.165, 1.54) is 5.56 Å². The summed E-state index contributed by atoms with van der Waals surface area (Å²) in [6, 6.07) is 7.82. The number of amides is 1. The van der Waals surface area contributed by atoms with E-state index in [0.29, 0.717) is 37.0 Å². The first-order chi connectivity index (χ1) is 11.6. The van der Waals surface area contributed by atoms with Crippen LogP contribution in [0.2, 0.25) is 0 Å². The van der Waals surface area contributed by atoms with Crippen molar-refractivity contribution >= 4 is 5.91 Å². The van der Waals surface area contributed by atoms with E-state index >= 15 is 0 Å². The van der Waals surface area contributed by atoms with E-state index < -0.39 is 0 Å². The predicted molar refractivity (Wildman–Crippen MR) is 88.9 cm³/mol. The number of ether oxygens (including phenoxy) is 1. The minimum absolute atomic E-state index is 0.0185. The van der Waals surface area contributed by atoms with Crippen LogP contribution in [0.3, 0.4) is 0 Å². The maximum atomic E-state index is 12.8. The van der Waals surface area contributed by atoms with Gasteiger partial charge in [-0.15, -0.1) is 0 Å². The van der Waals surface area contributed by atoms with Crippen molar-refractivity contribution in [2.75, 3.05) is 26.8 Å². The van der Waals surface area contributed by atoms with E-state index in [1.807, 2.05) is 29.2 Å². The molecule has 1 saturated heterocycles. The van der Waals surface area contributed by atoms with E-state index in [-0.39, 0.29) is 17.7 Å². The number of carbonyl (C=O) groups excluding carboxylic acids is 1. The molecule has 0 N–H and O–H groups in total. The lowest BCUT2D eigenvalue weighted by molar-refractivity contribution is 0.0775. The highest BCUT2D eigenvalue weighted by Gasteiger charge is 2.39. The van der Waals surface area contributed by atoms with Crippen molar-refractivity contribution in [2.24, 2.45) is 5.92 Å². The molecular formula is C18H23N3O3. The summed E-state index contributed by atoms with van der Waals surface area (Å²) in [7, 11) is 1.67. The van der Waals surface area contributed by atoms with E-state index in [2.05, 4.69) is 17.1 Å². The SMILES string of the molecule is CCc1ccc(C(=O)N2C[C@@H](COC)[C@H](c3nc(C)no3)C2)cc1. The van der Waals surface area contributed by atoms with Crippen LogP contribution in [0.15, 0.2) is 28.8 Å². The maximum absolute atomic E-state index is 12.8. The molecule has 1 aromatic heterocycles. The van der Waals surface area contributed by atoms with E-state index in [9.17, 15) is 4.79 Å². The Balaban J connectivity index is 1.77. The summed E-state index contributed by atoms with van der Waals surface area (Å²) >= 11 is 0. The van der Waals surface area contributed by atoms with Crippen molar-refractivity contribution in [1.82, 2.24) is 15.0 Å². The lowest BCUT2D eigenvalue weighted by Gasteiger charge is -2.16. The number of aryl methyl sites for hydroxylation is 2. The fraction of sp³-hybridized carbons (Fsp3) is 0.500. The van der Waals surface area contributed by atoms with Gasteiger partial charge in [-0.1, -0.05) is 24.2 Å². The zero-order valence-corrected chi connectivity index (χ0v) is 14.4. The molecule has 1 fully saturated rings. The standard InChI is InChI=1S/C18H23N3O3/c1-4-13-5-7-14(8-6-13)18(22)21-9-15(11-23-3)16(10-21)17-19-12(2)20-24-17/h5-8,15-16H,4,9-11H2,1-3H3/t15-,16+/m0/s1. The molecule has 1 aliphatic heterocycles. The summed E-state index contributed by atoms with van der Waals surface area (Å²) < 4.78 is 10.7. The van der Waals surface area contributed by atoms with Crippen molar-refractivity contribution in [3.8, 4) is 0 Å². The van der Waals surface area contributed by atoms with Crippen molar-refractivity contribution < 1.29 is 14.1 Å². The number of hydrogen-bond donors (Lipinski definition) is 0. The Hall–Kier alpha value is -2.21. The molecule has 0 saturated carbocycles. The number of methoxy groups -OCH3 is 1. The smallest absolute Gasteiger partial charge is 0.253 e. The van der Waals surface area contributed by atoms with Crippen LogP contribution in [-0.4, -0.2) is 47.8 Å². The number of aromatic nitrogens is 2. The normalized spacial score (nSPS) is 20.5. The summed E-state index contributed by atoms with van der Waals surface area (Å²) in [5, 5.41) is 3.87. The highest BCUT2D eigenvalue weighted by molar-refractivity contribution is 5.94. The summed E-state index contributed by atoms with van der Waals surface area (Å²) in [6.07, 6.45) is 0.965. The molecule has 6 heteroatoms. The minimum atomic E-state index is 0.0185. The highest BCUT2D eigenvalue weighted by Crippen LogP contribution is 2.32. The molecule has 0 bridgehead atoms. The molecule has 3 rings (SSSR count). The molecule has 128 valence electrons. The van der Waals surface area contributed by atoms with Gasteiger partial charge < -0.3 is 14.2 Å². The zero-order valence-electron chi connectivity index (χ0n) is 14.4. The molecule has 2 aromatic rings. The Morgan fingerprint density at radius 1 is 1.33 bits per heavy atom. The Morgan fingerprint density at radius 2 is 2.08 bits per heavy atom. The molecule has 2 heterocycles. The Labute approximate surface area is 141 Å². The second-order valence-electron chi connectivity index (χ2n) is 6.26. The summed E-state index contributed by atoms with van der Waals surface area (Å²) in [4.78, 5) is 19.0. The molecule has 1 amide bonds. The van der Waals surface area contributed by atoms with Crippen LogP contribution in [0.1, 0.15) is 40.5 Å². The molecular weight excluding hydrogens is 306 g/mol. The van der Waals surface area contributed by atoms with Crippen LogP contribution < -0.4 is 0 Å². The van der Waals surface area contributed by atoms with Gasteiger partial charge in [-0.3, -0.25) is 4.79 Å². The van der Waals surface area contributed by atoms with Gasteiger partial charge in [-0.05, 0) is 31.0 Å². The first-order valence-electron chi connectivity index (χ1n) is 8.29. The van der Waals surface area contributed by atoms with Gasteiger partial charge in [-0.2, -0.15) is 4.98 Å². The molecule has 0 aliphatic carbocycles. The van der Waals surface area contributed by atoms with Gasteiger partial charge in [0.05, 0.1) is 12.5 Å². The van der Waals surface area contributed by atoms with E-state index in [0.717, 1.165) is 6.42 Å². The Kier molecular flexibility index (Phi) is 4.94.